The zero-order valence-corrected chi connectivity index (χ0v) is 9.62. The Morgan fingerprint density at radius 2 is 2.36 bits per heavy atom. The molecule has 1 rings (SSSR count). The molecule has 1 aromatic rings. The van der Waals surface area contributed by atoms with E-state index in [-0.39, 0.29) is 0 Å². The number of hydrogen-bond acceptors (Lipinski definition) is 3. The van der Waals surface area contributed by atoms with Crippen LogP contribution in [0.2, 0.25) is 0 Å². The summed E-state index contributed by atoms with van der Waals surface area (Å²) in [4.78, 5) is 0. The van der Waals surface area contributed by atoms with Crippen molar-refractivity contribution in [3.63, 3.8) is 0 Å². The van der Waals surface area contributed by atoms with Gasteiger partial charge in [-0.1, -0.05) is 22.0 Å². The standard InChI is InChI=1S/C10H14BrNO2/c1-12-6-9(13)7-14-10-4-2-3-8(11)5-10/h2-5,9,12-13H,6-7H2,1H3/t9-/m1/s1. The van der Waals surface area contributed by atoms with Crippen LogP contribution >= 0.6 is 15.9 Å². The Morgan fingerprint density at radius 3 is 3.00 bits per heavy atom. The first kappa shape index (κ1) is 11.5. The lowest BCUT2D eigenvalue weighted by molar-refractivity contribution is 0.108. The number of aliphatic hydroxyl groups is 1. The normalized spacial score (nSPS) is 12.5. The molecular formula is C10H14BrNO2. The van der Waals surface area contributed by atoms with Crippen LogP contribution in [0, 0.1) is 0 Å². The van der Waals surface area contributed by atoms with Gasteiger partial charge in [0.1, 0.15) is 18.5 Å². The van der Waals surface area contributed by atoms with Crippen LogP contribution < -0.4 is 10.1 Å². The van der Waals surface area contributed by atoms with Crippen molar-refractivity contribution in [2.45, 2.75) is 6.10 Å². The lowest BCUT2D eigenvalue weighted by Gasteiger charge is -2.11. The number of rotatable bonds is 5. The second kappa shape index (κ2) is 6.01. The van der Waals surface area contributed by atoms with E-state index in [0.29, 0.717) is 13.2 Å². The number of ether oxygens (including phenoxy) is 1. The van der Waals surface area contributed by atoms with E-state index in [1.165, 1.54) is 0 Å². The Morgan fingerprint density at radius 1 is 1.57 bits per heavy atom. The zero-order valence-electron chi connectivity index (χ0n) is 8.03. The highest BCUT2D eigenvalue weighted by molar-refractivity contribution is 9.10. The van der Waals surface area contributed by atoms with Gasteiger partial charge in [-0.15, -0.1) is 0 Å². The Balaban J connectivity index is 2.37. The van der Waals surface area contributed by atoms with Gasteiger partial charge in [-0.2, -0.15) is 0 Å². The summed E-state index contributed by atoms with van der Waals surface area (Å²) < 4.78 is 6.35. The molecule has 0 fully saturated rings. The van der Waals surface area contributed by atoms with Crippen LogP contribution in [0.1, 0.15) is 0 Å². The van der Waals surface area contributed by atoms with Gasteiger partial charge in [0.05, 0.1) is 0 Å². The number of nitrogens with one attached hydrogen (secondary N) is 1. The van der Waals surface area contributed by atoms with Gasteiger partial charge in [-0.3, -0.25) is 0 Å². The van der Waals surface area contributed by atoms with Gasteiger partial charge in [0.25, 0.3) is 0 Å². The second-order valence-corrected chi connectivity index (χ2v) is 3.90. The number of likely N-dealkylation sites (N-methyl/N-ethyl adjacent to an activating group) is 1. The third-order valence-corrected chi connectivity index (χ3v) is 2.17. The fourth-order valence-electron chi connectivity index (χ4n) is 1.04. The summed E-state index contributed by atoms with van der Waals surface area (Å²) in [6.45, 7) is 0.839. The Kier molecular flexibility index (Phi) is 4.93. The minimum absolute atomic E-state index is 0.303. The predicted molar refractivity (Wildman–Crippen MR) is 59.6 cm³/mol. The van der Waals surface area contributed by atoms with E-state index in [1.54, 1.807) is 7.05 Å². The van der Waals surface area contributed by atoms with Crippen molar-refractivity contribution < 1.29 is 9.84 Å². The highest BCUT2D eigenvalue weighted by Gasteiger charge is 2.03. The molecule has 4 heteroatoms. The molecule has 0 aliphatic heterocycles. The van der Waals surface area contributed by atoms with Gasteiger partial charge < -0.3 is 15.2 Å². The lowest BCUT2D eigenvalue weighted by atomic mass is 10.3. The SMILES string of the molecule is CNC[C@@H](O)COc1cccc(Br)c1. The largest absolute Gasteiger partial charge is 0.491 e. The van der Waals surface area contributed by atoms with E-state index < -0.39 is 6.10 Å². The van der Waals surface area contributed by atoms with Crippen molar-refractivity contribution in [1.82, 2.24) is 5.32 Å². The van der Waals surface area contributed by atoms with Gasteiger partial charge in [0.15, 0.2) is 0 Å². The van der Waals surface area contributed by atoms with Crippen molar-refractivity contribution in [3.8, 4) is 5.75 Å². The first-order chi connectivity index (χ1) is 6.72. The van der Waals surface area contributed by atoms with Crippen LogP contribution in [0.15, 0.2) is 28.7 Å². The molecule has 1 aromatic carbocycles. The summed E-state index contributed by atoms with van der Waals surface area (Å²) in [5, 5.41) is 12.3. The lowest BCUT2D eigenvalue weighted by Crippen LogP contribution is -2.29. The monoisotopic (exact) mass is 259 g/mol. The zero-order chi connectivity index (χ0) is 10.4. The van der Waals surface area contributed by atoms with Crippen LogP contribution in [0.3, 0.4) is 0 Å². The summed E-state index contributed by atoms with van der Waals surface area (Å²) in [5.74, 6) is 0.759. The average Bonchev–Trinajstić information content (AvgIpc) is 2.15. The second-order valence-electron chi connectivity index (χ2n) is 2.98. The molecule has 1 atom stereocenters. The van der Waals surface area contributed by atoms with Crippen molar-refractivity contribution in [1.29, 1.82) is 0 Å². The quantitative estimate of drug-likeness (QED) is 0.841. The molecule has 0 spiro atoms. The average molecular weight is 260 g/mol. The molecule has 0 aromatic heterocycles. The third kappa shape index (κ3) is 4.09. The molecule has 0 heterocycles. The molecule has 78 valence electrons. The highest BCUT2D eigenvalue weighted by atomic mass is 79.9. The van der Waals surface area contributed by atoms with E-state index in [9.17, 15) is 5.11 Å². The van der Waals surface area contributed by atoms with Crippen LogP contribution in [-0.2, 0) is 0 Å². The Labute approximate surface area is 92.2 Å². The fraction of sp³-hybridized carbons (Fsp3) is 0.400. The highest BCUT2D eigenvalue weighted by Crippen LogP contribution is 2.17. The summed E-state index contributed by atoms with van der Waals surface area (Å²) in [7, 11) is 1.79. The minimum Gasteiger partial charge on any atom is -0.491 e. The van der Waals surface area contributed by atoms with Crippen LogP contribution in [0.4, 0.5) is 0 Å². The van der Waals surface area contributed by atoms with Gasteiger partial charge >= 0.3 is 0 Å². The maximum atomic E-state index is 9.38. The molecule has 3 nitrogen and oxygen atoms in total. The summed E-state index contributed by atoms with van der Waals surface area (Å²) in [6.07, 6.45) is -0.473. The van der Waals surface area contributed by atoms with Crippen molar-refractivity contribution >= 4 is 15.9 Å². The molecule has 14 heavy (non-hydrogen) atoms. The first-order valence-corrected chi connectivity index (χ1v) is 5.22. The van der Waals surface area contributed by atoms with Crippen LogP contribution in [-0.4, -0.2) is 31.4 Å². The molecule has 0 radical (unpaired) electrons. The number of hydrogen-bond donors (Lipinski definition) is 2. The van der Waals surface area contributed by atoms with Gasteiger partial charge in [-0.05, 0) is 25.2 Å². The van der Waals surface area contributed by atoms with Crippen molar-refractivity contribution in [3.05, 3.63) is 28.7 Å². The summed E-state index contributed by atoms with van der Waals surface area (Å²) >= 11 is 3.35. The maximum Gasteiger partial charge on any atom is 0.120 e. The van der Waals surface area contributed by atoms with Gasteiger partial charge in [0.2, 0.25) is 0 Å². The minimum atomic E-state index is -0.473. The molecule has 0 aliphatic rings. The molecule has 0 unspecified atom stereocenters. The number of aliphatic hydroxyl groups excluding tert-OH is 1. The van der Waals surface area contributed by atoms with Crippen molar-refractivity contribution in [2.75, 3.05) is 20.2 Å². The Bertz CT molecular complexity index is 281. The predicted octanol–water partition coefficient (Wildman–Crippen LogP) is 1.41. The van der Waals surface area contributed by atoms with E-state index in [4.69, 9.17) is 4.74 Å². The van der Waals surface area contributed by atoms with E-state index >= 15 is 0 Å². The molecule has 0 saturated heterocycles. The molecular weight excluding hydrogens is 246 g/mol. The summed E-state index contributed by atoms with van der Waals surface area (Å²) in [6, 6.07) is 7.55. The molecule has 0 amide bonds. The summed E-state index contributed by atoms with van der Waals surface area (Å²) in [5.41, 5.74) is 0. The fourth-order valence-corrected chi connectivity index (χ4v) is 1.42. The van der Waals surface area contributed by atoms with Crippen molar-refractivity contribution in [2.24, 2.45) is 0 Å². The number of benzene rings is 1. The number of halogens is 1. The molecule has 0 saturated carbocycles. The maximum absolute atomic E-state index is 9.38. The topological polar surface area (TPSA) is 41.5 Å². The molecule has 2 N–H and O–H groups in total. The van der Waals surface area contributed by atoms with E-state index in [1.807, 2.05) is 24.3 Å². The van der Waals surface area contributed by atoms with E-state index in [2.05, 4.69) is 21.2 Å². The van der Waals surface area contributed by atoms with E-state index in [0.717, 1.165) is 10.2 Å². The van der Waals surface area contributed by atoms with Crippen LogP contribution in [0.25, 0.3) is 0 Å². The first-order valence-electron chi connectivity index (χ1n) is 4.43. The smallest absolute Gasteiger partial charge is 0.120 e. The Hall–Kier alpha value is -0.580. The third-order valence-electron chi connectivity index (χ3n) is 1.68. The van der Waals surface area contributed by atoms with Gasteiger partial charge in [-0.25, -0.2) is 0 Å². The van der Waals surface area contributed by atoms with Crippen LogP contribution in [0.5, 0.6) is 5.75 Å². The molecule has 0 aliphatic carbocycles. The van der Waals surface area contributed by atoms with Gasteiger partial charge in [0, 0.05) is 11.0 Å². The molecule has 0 bridgehead atoms.